The summed E-state index contributed by atoms with van der Waals surface area (Å²) in [7, 11) is 0. The Bertz CT molecular complexity index is 482. The van der Waals surface area contributed by atoms with Gasteiger partial charge in [-0.3, -0.25) is 9.59 Å². The van der Waals surface area contributed by atoms with E-state index in [-0.39, 0.29) is 11.8 Å². The van der Waals surface area contributed by atoms with Crippen LogP contribution in [0.3, 0.4) is 0 Å². The van der Waals surface area contributed by atoms with Gasteiger partial charge in [0.1, 0.15) is 0 Å². The number of nitrogens with one attached hydrogen (secondary N) is 1. The molecule has 2 amide bonds. The van der Waals surface area contributed by atoms with Crippen LogP contribution in [0, 0.1) is 5.92 Å². The molecule has 0 saturated carbocycles. The third-order valence-electron chi connectivity index (χ3n) is 3.68. The van der Waals surface area contributed by atoms with E-state index in [9.17, 15) is 9.59 Å². The average molecular weight is 274 g/mol. The van der Waals surface area contributed by atoms with Crippen LogP contribution in [0.15, 0.2) is 24.3 Å². The largest absolute Gasteiger partial charge is 0.338 e. The SMILES string of the molecule is CCC(=O)Nc1ccc(C(=O)N2CCC[C@H](C)C2)cc1. The molecule has 1 aliphatic rings. The zero-order valence-electron chi connectivity index (χ0n) is 12.2. The molecule has 1 saturated heterocycles. The van der Waals surface area contributed by atoms with Crippen LogP contribution in [0.25, 0.3) is 0 Å². The van der Waals surface area contributed by atoms with Crippen molar-refractivity contribution in [1.82, 2.24) is 4.90 Å². The highest BCUT2D eigenvalue weighted by Crippen LogP contribution is 2.19. The number of anilines is 1. The molecule has 1 heterocycles. The quantitative estimate of drug-likeness (QED) is 0.921. The van der Waals surface area contributed by atoms with Crippen molar-refractivity contribution in [2.75, 3.05) is 18.4 Å². The molecule has 4 nitrogen and oxygen atoms in total. The second kappa shape index (κ2) is 6.55. The normalized spacial score (nSPS) is 18.7. The maximum Gasteiger partial charge on any atom is 0.253 e. The third-order valence-corrected chi connectivity index (χ3v) is 3.68. The van der Waals surface area contributed by atoms with Gasteiger partial charge in [0.2, 0.25) is 5.91 Å². The van der Waals surface area contributed by atoms with Gasteiger partial charge in [-0.1, -0.05) is 13.8 Å². The zero-order valence-corrected chi connectivity index (χ0v) is 12.2. The number of rotatable bonds is 3. The first-order valence-corrected chi connectivity index (χ1v) is 7.29. The molecule has 1 fully saturated rings. The number of amides is 2. The lowest BCUT2D eigenvalue weighted by Crippen LogP contribution is -2.39. The Morgan fingerprint density at radius 1 is 1.30 bits per heavy atom. The van der Waals surface area contributed by atoms with Crippen molar-refractivity contribution in [3.8, 4) is 0 Å². The van der Waals surface area contributed by atoms with Crippen LogP contribution in [-0.4, -0.2) is 29.8 Å². The molecule has 0 radical (unpaired) electrons. The predicted octanol–water partition coefficient (Wildman–Crippen LogP) is 2.91. The highest BCUT2D eigenvalue weighted by Gasteiger charge is 2.21. The summed E-state index contributed by atoms with van der Waals surface area (Å²) >= 11 is 0. The molecular weight excluding hydrogens is 252 g/mol. The molecule has 1 aromatic rings. The van der Waals surface area contributed by atoms with Crippen LogP contribution >= 0.6 is 0 Å². The van der Waals surface area contributed by atoms with E-state index in [0.29, 0.717) is 17.9 Å². The van der Waals surface area contributed by atoms with E-state index < -0.39 is 0 Å². The van der Waals surface area contributed by atoms with Crippen molar-refractivity contribution in [3.05, 3.63) is 29.8 Å². The smallest absolute Gasteiger partial charge is 0.253 e. The van der Waals surface area contributed by atoms with Crippen molar-refractivity contribution in [1.29, 1.82) is 0 Å². The maximum absolute atomic E-state index is 12.4. The topological polar surface area (TPSA) is 49.4 Å². The van der Waals surface area contributed by atoms with Gasteiger partial charge in [-0.05, 0) is 43.0 Å². The highest BCUT2D eigenvalue weighted by molar-refractivity contribution is 5.95. The fourth-order valence-electron chi connectivity index (χ4n) is 2.50. The molecule has 0 aromatic heterocycles. The predicted molar refractivity (Wildman–Crippen MR) is 79.7 cm³/mol. The minimum atomic E-state index is -0.0195. The van der Waals surface area contributed by atoms with Crippen LogP contribution in [0.1, 0.15) is 43.5 Å². The monoisotopic (exact) mass is 274 g/mol. The third kappa shape index (κ3) is 3.59. The second-order valence-corrected chi connectivity index (χ2v) is 5.48. The summed E-state index contributed by atoms with van der Waals surface area (Å²) in [6, 6.07) is 7.14. The summed E-state index contributed by atoms with van der Waals surface area (Å²) in [6.07, 6.45) is 2.73. The Morgan fingerprint density at radius 2 is 2.00 bits per heavy atom. The number of piperidine rings is 1. The van der Waals surface area contributed by atoms with Crippen LogP contribution in [0.2, 0.25) is 0 Å². The van der Waals surface area contributed by atoms with Gasteiger partial charge in [-0.15, -0.1) is 0 Å². The fourth-order valence-corrected chi connectivity index (χ4v) is 2.50. The first kappa shape index (κ1) is 14.6. The number of nitrogens with zero attached hydrogens (tertiary/aromatic N) is 1. The van der Waals surface area contributed by atoms with E-state index in [1.54, 1.807) is 24.3 Å². The summed E-state index contributed by atoms with van der Waals surface area (Å²) in [4.78, 5) is 25.6. The summed E-state index contributed by atoms with van der Waals surface area (Å²) in [5.74, 6) is 0.648. The number of carbonyl (C=O) groups excluding carboxylic acids is 2. The molecule has 1 aromatic carbocycles. The van der Waals surface area contributed by atoms with Crippen molar-refractivity contribution < 1.29 is 9.59 Å². The van der Waals surface area contributed by atoms with Gasteiger partial charge in [-0.25, -0.2) is 0 Å². The molecule has 0 bridgehead atoms. The minimum absolute atomic E-state index is 0.0195. The Kier molecular flexibility index (Phi) is 4.77. The van der Waals surface area contributed by atoms with Gasteiger partial charge >= 0.3 is 0 Å². The van der Waals surface area contributed by atoms with Crippen LogP contribution in [0.5, 0.6) is 0 Å². The van der Waals surface area contributed by atoms with Crippen molar-refractivity contribution in [3.63, 3.8) is 0 Å². The number of carbonyl (C=O) groups is 2. The summed E-state index contributed by atoms with van der Waals surface area (Å²) in [6.45, 7) is 5.68. The molecule has 108 valence electrons. The summed E-state index contributed by atoms with van der Waals surface area (Å²) < 4.78 is 0. The standard InChI is InChI=1S/C16H22N2O2/c1-3-15(19)17-14-8-6-13(7-9-14)16(20)18-10-4-5-12(2)11-18/h6-9,12H,3-5,10-11H2,1-2H3,(H,17,19)/t12-/m0/s1. The van der Waals surface area contributed by atoms with Gasteiger partial charge in [0.05, 0.1) is 0 Å². The molecular formula is C16H22N2O2. The fraction of sp³-hybridized carbons (Fsp3) is 0.500. The molecule has 1 atom stereocenters. The van der Waals surface area contributed by atoms with Crippen LogP contribution in [0.4, 0.5) is 5.69 Å². The average Bonchev–Trinajstić information content (AvgIpc) is 2.47. The lowest BCUT2D eigenvalue weighted by Gasteiger charge is -2.31. The Labute approximate surface area is 120 Å². The summed E-state index contributed by atoms with van der Waals surface area (Å²) in [5, 5.41) is 2.78. The Hall–Kier alpha value is -1.84. The number of benzene rings is 1. The highest BCUT2D eigenvalue weighted by atomic mass is 16.2. The van der Waals surface area contributed by atoms with Gasteiger partial charge in [0.15, 0.2) is 0 Å². The lowest BCUT2D eigenvalue weighted by molar-refractivity contribution is -0.115. The van der Waals surface area contributed by atoms with Crippen molar-refractivity contribution >= 4 is 17.5 Å². The molecule has 1 aliphatic heterocycles. The molecule has 2 rings (SSSR count). The van der Waals surface area contributed by atoms with Gasteiger partial charge in [0.25, 0.3) is 5.91 Å². The first-order chi connectivity index (χ1) is 9.60. The first-order valence-electron chi connectivity index (χ1n) is 7.29. The lowest BCUT2D eigenvalue weighted by atomic mass is 9.99. The van der Waals surface area contributed by atoms with Gasteiger partial charge in [0, 0.05) is 30.8 Å². The minimum Gasteiger partial charge on any atom is -0.338 e. The van der Waals surface area contributed by atoms with Crippen LogP contribution < -0.4 is 5.32 Å². The number of hydrogen-bond acceptors (Lipinski definition) is 2. The van der Waals surface area contributed by atoms with Crippen LogP contribution in [-0.2, 0) is 4.79 Å². The van der Waals surface area contributed by atoms with E-state index in [4.69, 9.17) is 0 Å². The zero-order chi connectivity index (χ0) is 14.5. The molecule has 1 N–H and O–H groups in total. The second-order valence-electron chi connectivity index (χ2n) is 5.48. The van der Waals surface area contributed by atoms with Crippen molar-refractivity contribution in [2.45, 2.75) is 33.1 Å². The maximum atomic E-state index is 12.4. The molecule has 0 spiro atoms. The number of hydrogen-bond donors (Lipinski definition) is 1. The Balaban J connectivity index is 2.01. The van der Waals surface area contributed by atoms with E-state index in [1.807, 2.05) is 11.8 Å². The van der Waals surface area contributed by atoms with E-state index in [0.717, 1.165) is 25.2 Å². The summed E-state index contributed by atoms with van der Waals surface area (Å²) in [5.41, 5.74) is 1.43. The molecule has 20 heavy (non-hydrogen) atoms. The van der Waals surface area contributed by atoms with E-state index in [1.165, 1.54) is 6.42 Å². The van der Waals surface area contributed by atoms with Gasteiger partial charge < -0.3 is 10.2 Å². The van der Waals surface area contributed by atoms with E-state index >= 15 is 0 Å². The van der Waals surface area contributed by atoms with E-state index in [2.05, 4.69) is 12.2 Å². The van der Waals surface area contributed by atoms with Gasteiger partial charge in [-0.2, -0.15) is 0 Å². The molecule has 0 aliphatic carbocycles. The molecule has 0 unspecified atom stereocenters. The van der Waals surface area contributed by atoms with Crippen molar-refractivity contribution in [2.24, 2.45) is 5.92 Å². The Morgan fingerprint density at radius 3 is 2.60 bits per heavy atom. The molecule has 4 heteroatoms. The number of likely N-dealkylation sites (tertiary alicyclic amines) is 1.